The van der Waals surface area contributed by atoms with Crippen molar-refractivity contribution in [3.8, 4) is 5.75 Å². The van der Waals surface area contributed by atoms with Crippen molar-refractivity contribution in [1.82, 2.24) is 5.32 Å². The molecule has 1 unspecified atom stereocenters. The first kappa shape index (κ1) is 15.5. The summed E-state index contributed by atoms with van der Waals surface area (Å²) in [7, 11) is 1.63. The summed E-state index contributed by atoms with van der Waals surface area (Å²) in [6, 6.07) is 7.81. The molecule has 0 aliphatic carbocycles. The third-order valence-electron chi connectivity index (χ3n) is 3.14. The molecule has 106 valence electrons. The van der Waals surface area contributed by atoms with Gasteiger partial charge in [-0.2, -0.15) is 0 Å². The number of aryl methyl sites for hydroxylation is 1. The number of hydrogen-bond donors (Lipinski definition) is 2. The van der Waals surface area contributed by atoms with Crippen LogP contribution in [0.15, 0.2) is 24.3 Å². The average molecular weight is 265 g/mol. The molecule has 0 spiro atoms. The van der Waals surface area contributed by atoms with Crippen LogP contribution in [0.1, 0.15) is 31.7 Å². The Morgan fingerprint density at radius 2 is 2.05 bits per heavy atom. The van der Waals surface area contributed by atoms with E-state index in [2.05, 4.69) is 5.32 Å². The number of ether oxygens (including phenoxy) is 1. The lowest BCUT2D eigenvalue weighted by molar-refractivity contribution is -0.121. The molecule has 0 aliphatic rings. The molecule has 1 rings (SSSR count). The summed E-state index contributed by atoms with van der Waals surface area (Å²) in [5.41, 5.74) is 1.12. The van der Waals surface area contributed by atoms with Gasteiger partial charge in [0.2, 0.25) is 5.91 Å². The molecular weight excluding hydrogens is 242 g/mol. The predicted molar refractivity (Wildman–Crippen MR) is 75.2 cm³/mol. The van der Waals surface area contributed by atoms with Crippen molar-refractivity contribution >= 4 is 5.91 Å². The standard InChI is InChI=1S/C15H23NO3/c1-3-13(10-11-17)16-15(18)9-6-12-4-7-14(19-2)8-5-12/h4-5,7-8,13,17H,3,6,9-11H2,1-2H3,(H,16,18). The molecule has 19 heavy (non-hydrogen) atoms. The molecule has 4 heteroatoms. The van der Waals surface area contributed by atoms with E-state index < -0.39 is 0 Å². The van der Waals surface area contributed by atoms with Gasteiger partial charge in [0.15, 0.2) is 0 Å². The zero-order chi connectivity index (χ0) is 14.1. The van der Waals surface area contributed by atoms with Crippen molar-refractivity contribution in [2.75, 3.05) is 13.7 Å². The van der Waals surface area contributed by atoms with E-state index in [1.807, 2.05) is 31.2 Å². The van der Waals surface area contributed by atoms with Gasteiger partial charge in [-0.15, -0.1) is 0 Å². The third kappa shape index (κ3) is 5.75. The zero-order valence-electron chi connectivity index (χ0n) is 11.7. The molecule has 0 saturated heterocycles. The van der Waals surface area contributed by atoms with Crippen molar-refractivity contribution in [2.24, 2.45) is 0 Å². The van der Waals surface area contributed by atoms with Crippen molar-refractivity contribution in [3.63, 3.8) is 0 Å². The number of aliphatic hydroxyl groups is 1. The van der Waals surface area contributed by atoms with Crippen LogP contribution < -0.4 is 10.1 Å². The highest BCUT2D eigenvalue weighted by Gasteiger charge is 2.09. The number of nitrogens with one attached hydrogen (secondary N) is 1. The highest BCUT2D eigenvalue weighted by atomic mass is 16.5. The number of benzene rings is 1. The molecule has 0 aliphatic heterocycles. The molecule has 0 fully saturated rings. The summed E-state index contributed by atoms with van der Waals surface area (Å²) in [4.78, 5) is 11.8. The summed E-state index contributed by atoms with van der Waals surface area (Å²) >= 11 is 0. The highest BCUT2D eigenvalue weighted by molar-refractivity contribution is 5.76. The van der Waals surface area contributed by atoms with Crippen LogP contribution in [-0.4, -0.2) is 30.8 Å². The SMILES string of the molecule is CCC(CCO)NC(=O)CCc1ccc(OC)cc1. The molecule has 1 aromatic rings. The van der Waals surface area contributed by atoms with Gasteiger partial charge in [-0.3, -0.25) is 4.79 Å². The minimum absolute atomic E-state index is 0.0381. The average Bonchev–Trinajstić information content (AvgIpc) is 2.45. The van der Waals surface area contributed by atoms with Gasteiger partial charge in [0.05, 0.1) is 7.11 Å². The number of amides is 1. The highest BCUT2D eigenvalue weighted by Crippen LogP contribution is 2.12. The Labute approximate surface area is 114 Å². The lowest BCUT2D eigenvalue weighted by Crippen LogP contribution is -2.35. The van der Waals surface area contributed by atoms with E-state index in [9.17, 15) is 4.79 Å². The van der Waals surface area contributed by atoms with Crippen LogP contribution in [0.5, 0.6) is 5.75 Å². The quantitative estimate of drug-likeness (QED) is 0.755. The largest absolute Gasteiger partial charge is 0.497 e. The van der Waals surface area contributed by atoms with Gasteiger partial charge >= 0.3 is 0 Å². The van der Waals surface area contributed by atoms with E-state index in [-0.39, 0.29) is 18.6 Å². The van der Waals surface area contributed by atoms with Gasteiger partial charge in [0, 0.05) is 19.1 Å². The normalized spacial score (nSPS) is 11.9. The smallest absolute Gasteiger partial charge is 0.220 e. The first-order valence-corrected chi connectivity index (χ1v) is 6.72. The van der Waals surface area contributed by atoms with Gasteiger partial charge in [-0.25, -0.2) is 0 Å². The second-order valence-electron chi connectivity index (χ2n) is 4.53. The first-order valence-electron chi connectivity index (χ1n) is 6.72. The fraction of sp³-hybridized carbons (Fsp3) is 0.533. The van der Waals surface area contributed by atoms with Crippen LogP contribution in [0.2, 0.25) is 0 Å². The Kier molecular flexibility index (Phi) is 6.97. The molecule has 1 amide bonds. The van der Waals surface area contributed by atoms with Crippen LogP contribution in [0.25, 0.3) is 0 Å². The zero-order valence-corrected chi connectivity index (χ0v) is 11.7. The Morgan fingerprint density at radius 1 is 1.37 bits per heavy atom. The van der Waals surface area contributed by atoms with Crippen molar-refractivity contribution in [2.45, 2.75) is 38.6 Å². The fourth-order valence-corrected chi connectivity index (χ4v) is 1.88. The Balaban J connectivity index is 2.36. The molecular formula is C15H23NO3. The second kappa shape index (κ2) is 8.53. The van der Waals surface area contributed by atoms with E-state index in [0.717, 1.165) is 17.7 Å². The summed E-state index contributed by atoms with van der Waals surface area (Å²) in [5.74, 6) is 0.860. The minimum atomic E-state index is 0.0381. The first-order chi connectivity index (χ1) is 9.19. The summed E-state index contributed by atoms with van der Waals surface area (Å²) < 4.78 is 5.09. The lowest BCUT2D eigenvalue weighted by atomic mass is 10.1. The lowest BCUT2D eigenvalue weighted by Gasteiger charge is -2.15. The molecule has 0 heterocycles. The summed E-state index contributed by atoms with van der Waals surface area (Å²) in [6.07, 6.45) is 2.64. The van der Waals surface area contributed by atoms with Crippen LogP contribution in [-0.2, 0) is 11.2 Å². The third-order valence-corrected chi connectivity index (χ3v) is 3.14. The Bertz CT molecular complexity index is 375. The van der Waals surface area contributed by atoms with Crippen LogP contribution >= 0.6 is 0 Å². The maximum absolute atomic E-state index is 11.8. The van der Waals surface area contributed by atoms with E-state index >= 15 is 0 Å². The number of carbonyl (C=O) groups is 1. The second-order valence-corrected chi connectivity index (χ2v) is 4.53. The molecule has 1 aromatic carbocycles. The Hall–Kier alpha value is -1.55. The van der Waals surface area contributed by atoms with E-state index in [4.69, 9.17) is 9.84 Å². The van der Waals surface area contributed by atoms with Gasteiger partial charge in [-0.1, -0.05) is 19.1 Å². The van der Waals surface area contributed by atoms with Crippen molar-refractivity contribution < 1.29 is 14.6 Å². The number of carbonyl (C=O) groups excluding carboxylic acids is 1. The molecule has 4 nitrogen and oxygen atoms in total. The maximum Gasteiger partial charge on any atom is 0.220 e. The van der Waals surface area contributed by atoms with Gasteiger partial charge < -0.3 is 15.2 Å². The maximum atomic E-state index is 11.8. The molecule has 0 bridgehead atoms. The van der Waals surface area contributed by atoms with Gasteiger partial charge in [0.25, 0.3) is 0 Å². The number of rotatable bonds is 8. The minimum Gasteiger partial charge on any atom is -0.497 e. The Morgan fingerprint density at radius 3 is 2.58 bits per heavy atom. The topological polar surface area (TPSA) is 58.6 Å². The van der Waals surface area contributed by atoms with Crippen LogP contribution in [0, 0.1) is 0 Å². The number of methoxy groups -OCH3 is 1. The predicted octanol–water partition coefficient (Wildman–Crippen LogP) is 1.91. The molecule has 0 radical (unpaired) electrons. The number of hydrogen-bond acceptors (Lipinski definition) is 3. The summed E-state index contributed by atoms with van der Waals surface area (Å²) in [5, 5.41) is 11.8. The molecule has 2 N–H and O–H groups in total. The number of aliphatic hydroxyl groups excluding tert-OH is 1. The molecule has 0 aromatic heterocycles. The molecule has 0 saturated carbocycles. The fourth-order valence-electron chi connectivity index (χ4n) is 1.88. The van der Waals surface area contributed by atoms with E-state index in [1.165, 1.54) is 0 Å². The van der Waals surface area contributed by atoms with Crippen LogP contribution in [0.3, 0.4) is 0 Å². The monoisotopic (exact) mass is 265 g/mol. The van der Waals surface area contributed by atoms with Gasteiger partial charge in [-0.05, 0) is 37.0 Å². The van der Waals surface area contributed by atoms with Crippen LogP contribution in [0.4, 0.5) is 0 Å². The van der Waals surface area contributed by atoms with E-state index in [1.54, 1.807) is 7.11 Å². The van der Waals surface area contributed by atoms with Crippen molar-refractivity contribution in [1.29, 1.82) is 0 Å². The van der Waals surface area contributed by atoms with Crippen molar-refractivity contribution in [3.05, 3.63) is 29.8 Å². The van der Waals surface area contributed by atoms with Gasteiger partial charge in [0.1, 0.15) is 5.75 Å². The van der Waals surface area contributed by atoms with E-state index in [0.29, 0.717) is 19.3 Å². The summed E-state index contributed by atoms with van der Waals surface area (Å²) in [6.45, 7) is 2.11. The molecule has 1 atom stereocenters.